The number of ether oxygens (including phenoxy) is 1. The molecule has 202 valence electrons. The summed E-state index contributed by atoms with van der Waals surface area (Å²) >= 11 is 0. The van der Waals surface area contributed by atoms with E-state index in [2.05, 4.69) is 22.8 Å². The fourth-order valence-electron chi connectivity index (χ4n) is 3.99. The van der Waals surface area contributed by atoms with Gasteiger partial charge in [-0.25, -0.2) is 4.79 Å². The predicted molar refractivity (Wildman–Crippen MR) is 127 cm³/mol. The number of hydrogen-bond acceptors (Lipinski definition) is 6. The Balaban J connectivity index is 0.000000604. The van der Waals surface area contributed by atoms with Crippen LogP contribution in [0.2, 0.25) is 0 Å². The molecule has 3 rings (SSSR count). The van der Waals surface area contributed by atoms with Gasteiger partial charge in [-0.15, -0.1) is 0 Å². The van der Waals surface area contributed by atoms with Gasteiger partial charge in [0.25, 0.3) is 5.91 Å². The standard InChI is InChI=1S/C23H28N2O5.C2HF3O2/c26-20-7-6-17(22(29)25-13-15-30-14-8-21(27)28)16-19(20)23(9-11-24-12-10-23)18-4-2-1-3-5-18;3-2(4,5)1(6)7/h1-7,16,24,26H,8-15H2,(H,25,29)(H,27,28);(H,6,7). The first kappa shape index (κ1) is 29.6. The van der Waals surface area contributed by atoms with Gasteiger partial charge in [-0.3, -0.25) is 9.59 Å². The van der Waals surface area contributed by atoms with Crippen molar-refractivity contribution in [3.05, 3.63) is 65.2 Å². The summed E-state index contributed by atoms with van der Waals surface area (Å²) in [5.41, 5.74) is 2.02. The molecule has 0 spiro atoms. The van der Waals surface area contributed by atoms with E-state index >= 15 is 0 Å². The summed E-state index contributed by atoms with van der Waals surface area (Å²) in [6.45, 7) is 2.30. The zero-order valence-electron chi connectivity index (χ0n) is 19.9. The first-order valence-electron chi connectivity index (χ1n) is 11.4. The van der Waals surface area contributed by atoms with E-state index in [0.717, 1.165) is 37.1 Å². The number of carboxylic acid groups (broad SMARTS) is 2. The summed E-state index contributed by atoms with van der Waals surface area (Å²) < 4.78 is 36.9. The van der Waals surface area contributed by atoms with Crippen molar-refractivity contribution in [3.8, 4) is 5.75 Å². The molecular formula is C25H29F3N2O7. The first-order chi connectivity index (χ1) is 17.5. The SMILES string of the molecule is O=C(O)C(F)(F)F.O=C(O)CCOCCNC(=O)c1ccc(O)c(C2(c3ccccc3)CCNCC2)c1. The van der Waals surface area contributed by atoms with E-state index in [4.69, 9.17) is 19.7 Å². The van der Waals surface area contributed by atoms with Crippen molar-refractivity contribution in [2.45, 2.75) is 30.9 Å². The van der Waals surface area contributed by atoms with Gasteiger partial charge in [-0.05, 0) is 49.7 Å². The summed E-state index contributed by atoms with van der Waals surface area (Å²) in [4.78, 5) is 32.0. The molecule has 1 saturated heterocycles. The Bertz CT molecular complexity index is 1060. The van der Waals surface area contributed by atoms with E-state index in [0.29, 0.717) is 5.56 Å². The summed E-state index contributed by atoms with van der Waals surface area (Å²) in [6.07, 6.45) is -3.49. The summed E-state index contributed by atoms with van der Waals surface area (Å²) in [7, 11) is 0. The molecule has 1 aliphatic rings. The maximum atomic E-state index is 12.6. The van der Waals surface area contributed by atoms with Gasteiger partial charge in [0, 0.05) is 23.1 Å². The number of aromatic hydroxyl groups is 1. The van der Waals surface area contributed by atoms with Crippen LogP contribution in [0.25, 0.3) is 0 Å². The van der Waals surface area contributed by atoms with Gasteiger partial charge in [0.05, 0.1) is 19.6 Å². The third kappa shape index (κ3) is 8.76. The van der Waals surface area contributed by atoms with Crippen LogP contribution in [0.4, 0.5) is 13.2 Å². The highest BCUT2D eigenvalue weighted by molar-refractivity contribution is 5.94. The summed E-state index contributed by atoms with van der Waals surface area (Å²) in [6, 6.07) is 15.1. The molecule has 2 aromatic rings. The van der Waals surface area contributed by atoms with E-state index in [1.807, 2.05) is 18.2 Å². The number of carbonyl (C=O) groups excluding carboxylic acids is 1. The highest BCUT2D eigenvalue weighted by Crippen LogP contribution is 2.44. The highest BCUT2D eigenvalue weighted by Gasteiger charge is 2.39. The van der Waals surface area contributed by atoms with Gasteiger partial charge < -0.3 is 30.7 Å². The maximum Gasteiger partial charge on any atom is 0.490 e. The van der Waals surface area contributed by atoms with Crippen LogP contribution in [0.1, 0.15) is 40.7 Å². The molecule has 0 bridgehead atoms. The summed E-state index contributed by atoms with van der Waals surface area (Å²) in [5.74, 6) is -3.74. The van der Waals surface area contributed by atoms with E-state index in [1.165, 1.54) is 0 Å². The molecule has 0 saturated carbocycles. The summed E-state index contributed by atoms with van der Waals surface area (Å²) in [5, 5.41) is 32.6. The molecule has 0 aromatic heterocycles. The van der Waals surface area contributed by atoms with Crippen molar-refractivity contribution in [1.29, 1.82) is 0 Å². The van der Waals surface area contributed by atoms with E-state index in [-0.39, 0.29) is 43.3 Å². The Morgan fingerprint density at radius 1 is 1.00 bits per heavy atom. The Kier molecular flexibility index (Phi) is 10.9. The highest BCUT2D eigenvalue weighted by atomic mass is 19.4. The van der Waals surface area contributed by atoms with Crippen LogP contribution in [-0.4, -0.2) is 72.2 Å². The second kappa shape index (κ2) is 13.6. The molecule has 2 aromatic carbocycles. The number of amides is 1. The van der Waals surface area contributed by atoms with Crippen LogP contribution in [0.5, 0.6) is 5.75 Å². The zero-order valence-corrected chi connectivity index (χ0v) is 19.9. The fraction of sp³-hybridized carbons (Fsp3) is 0.400. The molecule has 0 atom stereocenters. The molecule has 9 nitrogen and oxygen atoms in total. The molecular weight excluding hydrogens is 497 g/mol. The smallest absolute Gasteiger partial charge is 0.490 e. The number of hydrogen-bond donors (Lipinski definition) is 5. The number of rotatable bonds is 9. The van der Waals surface area contributed by atoms with Crippen LogP contribution in [-0.2, 0) is 19.7 Å². The van der Waals surface area contributed by atoms with Crippen molar-refractivity contribution in [2.75, 3.05) is 32.8 Å². The molecule has 12 heteroatoms. The minimum absolute atomic E-state index is 0.0638. The molecule has 0 unspecified atom stereocenters. The average Bonchev–Trinajstić information content (AvgIpc) is 2.87. The lowest BCUT2D eigenvalue weighted by molar-refractivity contribution is -0.192. The van der Waals surface area contributed by atoms with Crippen LogP contribution in [0.3, 0.4) is 0 Å². The number of phenols is 1. The molecule has 1 aliphatic heterocycles. The fourth-order valence-corrected chi connectivity index (χ4v) is 3.99. The van der Waals surface area contributed by atoms with Gasteiger partial charge in [0.2, 0.25) is 0 Å². The maximum absolute atomic E-state index is 12.6. The molecule has 0 radical (unpaired) electrons. The quantitative estimate of drug-likeness (QED) is 0.314. The predicted octanol–water partition coefficient (Wildman–Crippen LogP) is 2.92. The van der Waals surface area contributed by atoms with Crippen molar-refractivity contribution in [1.82, 2.24) is 10.6 Å². The number of piperidine rings is 1. The van der Waals surface area contributed by atoms with Gasteiger partial charge in [-0.2, -0.15) is 13.2 Å². The molecule has 5 N–H and O–H groups in total. The van der Waals surface area contributed by atoms with Gasteiger partial charge in [0.1, 0.15) is 5.75 Å². The third-order valence-electron chi connectivity index (χ3n) is 5.79. The lowest BCUT2D eigenvalue weighted by Gasteiger charge is -2.39. The second-order valence-electron chi connectivity index (χ2n) is 8.24. The topological polar surface area (TPSA) is 145 Å². The van der Waals surface area contributed by atoms with Crippen molar-refractivity contribution in [2.24, 2.45) is 0 Å². The van der Waals surface area contributed by atoms with Crippen molar-refractivity contribution in [3.63, 3.8) is 0 Å². The molecule has 1 heterocycles. The van der Waals surface area contributed by atoms with Crippen LogP contribution < -0.4 is 10.6 Å². The third-order valence-corrected chi connectivity index (χ3v) is 5.79. The second-order valence-corrected chi connectivity index (χ2v) is 8.24. The molecule has 1 fully saturated rings. The number of aliphatic carboxylic acids is 2. The molecule has 1 amide bonds. The monoisotopic (exact) mass is 526 g/mol. The molecule has 0 aliphatic carbocycles. The Morgan fingerprint density at radius 2 is 1.62 bits per heavy atom. The number of phenolic OH excluding ortho intramolecular Hbond substituents is 1. The Morgan fingerprint density at radius 3 is 2.19 bits per heavy atom. The average molecular weight is 527 g/mol. The van der Waals surface area contributed by atoms with Crippen LogP contribution in [0.15, 0.2) is 48.5 Å². The van der Waals surface area contributed by atoms with Crippen LogP contribution >= 0.6 is 0 Å². The van der Waals surface area contributed by atoms with Crippen molar-refractivity contribution >= 4 is 17.8 Å². The number of halogens is 3. The lowest BCUT2D eigenvalue weighted by Crippen LogP contribution is -2.41. The normalized spacial score (nSPS) is 14.7. The number of benzene rings is 2. The number of alkyl halides is 3. The van der Waals surface area contributed by atoms with E-state index in [1.54, 1.807) is 18.2 Å². The minimum Gasteiger partial charge on any atom is -0.508 e. The number of nitrogens with one attached hydrogen (secondary N) is 2. The number of carboxylic acids is 2. The van der Waals surface area contributed by atoms with E-state index in [9.17, 15) is 27.9 Å². The first-order valence-corrected chi connectivity index (χ1v) is 11.4. The van der Waals surface area contributed by atoms with Gasteiger partial charge >= 0.3 is 18.1 Å². The number of carbonyl (C=O) groups is 3. The van der Waals surface area contributed by atoms with Crippen LogP contribution in [0, 0.1) is 0 Å². The van der Waals surface area contributed by atoms with Gasteiger partial charge in [-0.1, -0.05) is 30.3 Å². The van der Waals surface area contributed by atoms with Gasteiger partial charge in [0.15, 0.2) is 0 Å². The van der Waals surface area contributed by atoms with Crippen molar-refractivity contribution < 1.29 is 47.6 Å². The lowest BCUT2D eigenvalue weighted by atomic mass is 9.68. The minimum atomic E-state index is -5.08. The Labute approximate surface area is 211 Å². The molecule has 37 heavy (non-hydrogen) atoms. The van der Waals surface area contributed by atoms with E-state index < -0.39 is 18.1 Å². The zero-order chi connectivity index (χ0) is 27.5. The Hall–Kier alpha value is -3.64. The largest absolute Gasteiger partial charge is 0.508 e.